The van der Waals surface area contributed by atoms with E-state index in [-0.39, 0.29) is 23.8 Å². The molecule has 29 heavy (non-hydrogen) atoms. The maximum Gasteiger partial charge on any atom is 0.262 e. The number of para-hydroxylation sites is 1. The molecule has 148 valence electrons. The third-order valence-electron chi connectivity index (χ3n) is 4.64. The van der Waals surface area contributed by atoms with E-state index >= 15 is 0 Å². The second-order valence-corrected chi connectivity index (χ2v) is 7.94. The van der Waals surface area contributed by atoms with Gasteiger partial charge in [0, 0.05) is 11.6 Å². The molecule has 0 bridgehead atoms. The van der Waals surface area contributed by atoms with Gasteiger partial charge in [-0.2, -0.15) is 0 Å². The zero-order valence-electron chi connectivity index (χ0n) is 15.6. The molecule has 0 unspecified atom stereocenters. The van der Waals surface area contributed by atoms with Crippen LogP contribution < -0.4 is 16.6 Å². The molecule has 2 aromatic carbocycles. The standard InChI is InChI=1S/C21H20N4O3S/c22-18(26)12-29-21-24-17-4-2-1-3-16(17)20(28)25(21)11-13-5-7-14(8-6-13)19(27)23-15-9-10-15/h1-8,15H,9-12H2,(H2,22,26)(H,23,27). The largest absolute Gasteiger partial charge is 0.369 e. The van der Waals surface area contributed by atoms with Crippen molar-refractivity contribution in [3.63, 3.8) is 0 Å². The van der Waals surface area contributed by atoms with E-state index in [1.807, 2.05) is 18.2 Å². The van der Waals surface area contributed by atoms with Gasteiger partial charge in [-0.15, -0.1) is 0 Å². The summed E-state index contributed by atoms with van der Waals surface area (Å²) in [6.45, 7) is 0.280. The van der Waals surface area contributed by atoms with Gasteiger partial charge in [-0.1, -0.05) is 36.0 Å². The third kappa shape index (κ3) is 4.48. The first-order valence-electron chi connectivity index (χ1n) is 9.32. The number of thioether (sulfide) groups is 1. The van der Waals surface area contributed by atoms with E-state index in [0.717, 1.165) is 30.2 Å². The van der Waals surface area contributed by atoms with E-state index in [1.165, 1.54) is 4.57 Å². The van der Waals surface area contributed by atoms with Crippen LogP contribution in [0.15, 0.2) is 58.5 Å². The van der Waals surface area contributed by atoms with Crippen LogP contribution in [0.3, 0.4) is 0 Å². The van der Waals surface area contributed by atoms with E-state index in [0.29, 0.717) is 27.7 Å². The van der Waals surface area contributed by atoms with Gasteiger partial charge in [0.05, 0.1) is 23.2 Å². The number of primary amides is 1. The maximum absolute atomic E-state index is 13.0. The Bertz CT molecular complexity index is 1140. The van der Waals surface area contributed by atoms with Crippen LogP contribution in [0.2, 0.25) is 0 Å². The van der Waals surface area contributed by atoms with Gasteiger partial charge < -0.3 is 11.1 Å². The van der Waals surface area contributed by atoms with Crippen molar-refractivity contribution in [1.29, 1.82) is 0 Å². The smallest absolute Gasteiger partial charge is 0.262 e. The van der Waals surface area contributed by atoms with Crippen LogP contribution in [0.25, 0.3) is 10.9 Å². The molecule has 8 heteroatoms. The van der Waals surface area contributed by atoms with Gasteiger partial charge >= 0.3 is 0 Å². The number of nitrogens with two attached hydrogens (primary N) is 1. The molecular formula is C21H20N4O3S. The monoisotopic (exact) mass is 408 g/mol. The van der Waals surface area contributed by atoms with Gasteiger partial charge in [0.25, 0.3) is 11.5 Å². The van der Waals surface area contributed by atoms with E-state index < -0.39 is 5.91 Å². The van der Waals surface area contributed by atoms with Crippen LogP contribution in [0.5, 0.6) is 0 Å². The lowest BCUT2D eigenvalue weighted by Crippen LogP contribution is -2.26. The van der Waals surface area contributed by atoms with E-state index in [9.17, 15) is 14.4 Å². The molecule has 1 aliphatic rings. The van der Waals surface area contributed by atoms with Crippen LogP contribution in [-0.4, -0.2) is 33.2 Å². The van der Waals surface area contributed by atoms with Gasteiger partial charge in [-0.3, -0.25) is 19.0 Å². The fourth-order valence-electron chi connectivity index (χ4n) is 2.97. The lowest BCUT2D eigenvalue weighted by molar-refractivity contribution is -0.115. The molecule has 1 heterocycles. The number of benzene rings is 2. The summed E-state index contributed by atoms with van der Waals surface area (Å²) >= 11 is 1.14. The number of carbonyl (C=O) groups is 2. The van der Waals surface area contributed by atoms with Gasteiger partial charge in [0.2, 0.25) is 5.91 Å². The predicted molar refractivity (Wildman–Crippen MR) is 112 cm³/mol. The van der Waals surface area contributed by atoms with Gasteiger partial charge in [0.15, 0.2) is 5.16 Å². The molecule has 1 saturated carbocycles. The average Bonchev–Trinajstić information content (AvgIpc) is 3.53. The first-order valence-corrected chi connectivity index (χ1v) is 10.3. The number of aromatic nitrogens is 2. The minimum atomic E-state index is -0.477. The lowest BCUT2D eigenvalue weighted by atomic mass is 10.1. The Morgan fingerprint density at radius 3 is 2.55 bits per heavy atom. The summed E-state index contributed by atoms with van der Waals surface area (Å²) in [6, 6.07) is 14.6. The lowest BCUT2D eigenvalue weighted by Gasteiger charge is -2.13. The molecule has 1 aliphatic carbocycles. The molecule has 4 rings (SSSR count). The summed E-state index contributed by atoms with van der Waals surface area (Å²) in [4.78, 5) is 40.9. The number of amides is 2. The third-order valence-corrected chi connectivity index (χ3v) is 5.64. The Morgan fingerprint density at radius 1 is 1.14 bits per heavy atom. The first kappa shape index (κ1) is 19.2. The molecule has 1 aromatic heterocycles. The number of nitrogens with one attached hydrogen (secondary N) is 1. The molecule has 0 aliphatic heterocycles. The van der Waals surface area contributed by atoms with Crippen molar-refractivity contribution < 1.29 is 9.59 Å². The molecule has 3 aromatic rings. The summed E-state index contributed by atoms with van der Waals surface area (Å²) in [5, 5.41) is 3.90. The van der Waals surface area contributed by atoms with Crippen LogP contribution in [-0.2, 0) is 11.3 Å². The molecule has 0 spiro atoms. The van der Waals surface area contributed by atoms with Crippen LogP contribution in [0.1, 0.15) is 28.8 Å². The highest BCUT2D eigenvalue weighted by atomic mass is 32.2. The summed E-state index contributed by atoms with van der Waals surface area (Å²) in [7, 11) is 0. The van der Waals surface area contributed by atoms with Crippen molar-refractivity contribution in [2.24, 2.45) is 5.73 Å². The highest BCUT2D eigenvalue weighted by molar-refractivity contribution is 7.99. The topological polar surface area (TPSA) is 107 Å². The number of carbonyl (C=O) groups excluding carboxylic acids is 2. The van der Waals surface area contributed by atoms with Crippen molar-refractivity contribution in [2.45, 2.75) is 30.6 Å². The number of hydrogen-bond donors (Lipinski definition) is 2. The Hall–Kier alpha value is -3.13. The van der Waals surface area contributed by atoms with E-state index in [4.69, 9.17) is 5.73 Å². The Morgan fingerprint density at radius 2 is 1.86 bits per heavy atom. The molecule has 3 N–H and O–H groups in total. The van der Waals surface area contributed by atoms with E-state index in [1.54, 1.807) is 30.3 Å². The number of rotatable bonds is 7. The SMILES string of the molecule is NC(=O)CSc1nc2ccccc2c(=O)n1Cc1ccc(C(=O)NC2CC2)cc1. The van der Waals surface area contributed by atoms with Crippen molar-refractivity contribution >= 4 is 34.5 Å². The minimum absolute atomic E-state index is 0.0328. The minimum Gasteiger partial charge on any atom is -0.369 e. The second-order valence-electron chi connectivity index (χ2n) is 7.00. The first-order chi connectivity index (χ1) is 14.0. The summed E-state index contributed by atoms with van der Waals surface area (Å²) in [5.74, 6) is -0.526. The zero-order valence-corrected chi connectivity index (χ0v) is 16.4. The highest BCUT2D eigenvalue weighted by Gasteiger charge is 2.23. The van der Waals surface area contributed by atoms with Crippen molar-refractivity contribution in [1.82, 2.24) is 14.9 Å². The number of hydrogen-bond acceptors (Lipinski definition) is 5. The average molecular weight is 408 g/mol. The summed E-state index contributed by atoms with van der Waals surface area (Å²) in [5.41, 5.74) is 7.10. The summed E-state index contributed by atoms with van der Waals surface area (Å²) < 4.78 is 1.54. The molecule has 2 amide bonds. The molecule has 1 fully saturated rings. The number of fused-ring (bicyclic) bond motifs is 1. The van der Waals surface area contributed by atoms with E-state index in [2.05, 4.69) is 10.3 Å². The summed E-state index contributed by atoms with van der Waals surface area (Å²) in [6.07, 6.45) is 2.07. The Labute approximate surface area is 171 Å². The quantitative estimate of drug-likeness (QED) is 0.459. The Kier molecular flexibility index (Phi) is 5.35. The zero-order chi connectivity index (χ0) is 20.4. The Balaban J connectivity index is 1.64. The molecule has 7 nitrogen and oxygen atoms in total. The second kappa shape index (κ2) is 8.08. The number of nitrogens with zero attached hydrogens (tertiary/aromatic N) is 2. The fraction of sp³-hybridized carbons (Fsp3) is 0.238. The van der Waals surface area contributed by atoms with Crippen molar-refractivity contribution in [3.05, 3.63) is 70.0 Å². The van der Waals surface area contributed by atoms with Gasteiger partial charge in [0.1, 0.15) is 0 Å². The van der Waals surface area contributed by atoms with Crippen LogP contribution in [0, 0.1) is 0 Å². The predicted octanol–water partition coefficient (Wildman–Crippen LogP) is 1.91. The van der Waals surface area contributed by atoms with Crippen LogP contribution in [0.4, 0.5) is 0 Å². The van der Waals surface area contributed by atoms with Crippen molar-refractivity contribution in [3.8, 4) is 0 Å². The highest BCUT2D eigenvalue weighted by Crippen LogP contribution is 2.20. The molecule has 0 radical (unpaired) electrons. The fourth-order valence-corrected chi connectivity index (χ4v) is 3.71. The molecule has 0 atom stereocenters. The van der Waals surface area contributed by atoms with Gasteiger partial charge in [-0.25, -0.2) is 4.98 Å². The van der Waals surface area contributed by atoms with Crippen LogP contribution >= 0.6 is 11.8 Å². The molecule has 0 saturated heterocycles. The van der Waals surface area contributed by atoms with Crippen molar-refractivity contribution in [2.75, 3.05) is 5.75 Å². The maximum atomic E-state index is 13.0. The van der Waals surface area contributed by atoms with Gasteiger partial charge in [-0.05, 0) is 42.7 Å². The normalized spacial score (nSPS) is 13.4. The molecular weight excluding hydrogens is 388 g/mol.